The summed E-state index contributed by atoms with van der Waals surface area (Å²) in [5, 5.41) is 18.7. The number of aromatic nitrogens is 1. The number of aliphatic hydroxyl groups excluding tert-OH is 1. The third kappa shape index (κ3) is 4.03. The Bertz CT molecular complexity index is 1000. The summed E-state index contributed by atoms with van der Waals surface area (Å²) in [7, 11) is 1.66. The van der Waals surface area contributed by atoms with Crippen molar-refractivity contribution in [3.05, 3.63) is 31.9 Å². The number of hydrogen-bond acceptors (Lipinski definition) is 8. The summed E-state index contributed by atoms with van der Waals surface area (Å²) in [4.78, 5) is 31.9. The van der Waals surface area contributed by atoms with E-state index in [-0.39, 0.29) is 23.6 Å². The molecule has 0 saturated carbocycles. The molecule has 8 nitrogen and oxygen atoms in total. The highest BCUT2D eigenvalue weighted by Gasteiger charge is 2.32. The Labute approximate surface area is 185 Å². The molecule has 2 fully saturated rings. The summed E-state index contributed by atoms with van der Waals surface area (Å²) in [6.07, 6.45) is 1.76. The van der Waals surface area contributed by atoms with Crippen molar-refractivity contribution in [2.24, 2.45) is 7.05 Å². The number of carbonyl (C=O) groups is 1. The van der Waals surface area contributed by atoms with Gasteiger partial charge >= 0.3 is 0 Å². The molecule has 2 aliphatic heterocycles. The van der Waals surface area contributed by atoms with Gasteiger partial charge in [-0.15, -0.1) is 0 Å². The smallest absolute Gasteiger partial charge is 0.270 e. The van der Waals surface area contributed by atoms with Crippen molar-refractivity contribution in [2.45, 2.75) is 13.8 Å². The van der Waals surface area contributed by atoms with Crippen LogP contribution in [0.1, 0.15) is 23.6 Å². The minimum absolute atomic E-state index is 0.0809. The molecular formula is C20H25N5O3S2. The number of nitriles is 1. The van der Waals surface area contributed by atoms with Crippen molar-refractivity contribution in [3.63, 3.8) is 0 Å². The molecule has 0 atom stereocenters. The van der Waals surface area contributed by atoms with Gasteiger partial charge in [-0.05, 0) is 25.5 Å². The van der Waals surface area contributed by atoms with Gasteiger partial charge in [0.15, 0.2) is 0 Å². The first-order chi connectivity index (χ1) is 14.3. The van der Waals surface area contributed by atoms with Gasteiger partial charge in [-0.25, -0.2) is 0 Å². The van der Waals surface area contributed by atoms with Crippen LogP contribution in [0.15, 0.2) is 9.70 Å². The highest BCUT2D eigenvalue weighted by molar-refractivity contribution is 8.26. The number of β-amino-alcohol motifs (C(OH)–C–C–N with tert-alkyl or cyclic N) is 1. The number of aliphatic hydroxyl groups is 1. The number of thioether (sulfide) groups is 1. The van der Waals surface area contributed by atoms with Gasteiger partial charge in [0.2, 0.25) is 0 Å². The molecule has 0 bridgehead atoms. The van der Waals surface area contributed by atoms with Crippen molar-refractivity contribution < 1.29 is 9.90 Å². The van der Waals surface area contributed by atoms with Crippen molar-refractivity contribution in [3.8, 4) is 6.07 Å². The van der Waals surface area contributed by atoms with Gasteiger partial charge in [0.25, 0.3) is 11.5 Å². The highest BCUT2D eigenvalue weighted by Crippen LogP contribution is 2.35. The second-order valence-electron chi connectivity index (χ2n) is 7.19. The van der Waals surface area contributed by atoms with Crippen LogP contribution in [0.5, 0.6) is 0 Å². The SMILES string of the molecule is CCN1C(=O)C(=Cc2c(C)c(C#N)c(=O)n(C)c2N2CCN(CCO)CC2)SC1=S. The van der Waals surface area contributed by atoms with Gasteiger partial charge in [-0.2, -0.15) is 5.26 Å². The second-order valence-corrected chi connectivity index (χ2v) is 8.87. The standard InChI is InChI=1S/C20H25N5O3S2/c1-4-25-19(28)16(30-20(25)29)11-14-13(2)15(12-21)18(27)22(3)17(14)24-7-5-23(6-8-24)9-10-26/h11,26H,4-10H2,1-3H3. The number of likely N-dealkylation sites (N-methyl/N-ethyl adjacent to an activating group) is 1. The number of piperazine rings is 1. The molecule has 0 radical (unpaired) electrons. The second kappa shape index (κ2) is 9.31. The Morgan fingerprint density at radius 2 is 1.93 bits per heavy atom. The molecule has 0 spiro atoms. The predicted octanol–water partition coefficient (Wildman–Crippen LogP) is 0.901. The fourth-order valence-corrected chi connectivity index (χ4v) is 5.19. The number of carbonyl (C=O) groups excluding carboxylic acids is 1. The van der Waals surface area contributed by atoms with E-state index in [1.54, 1.807) is 24.9 Å². The average molecular weight is 448 g/mol. The quantitative estimate of drug-likeness (QED) is 0.526. The summed E-state index contributed by atoms with van der Waals surface area (Å²) in [5.74, 6) is 0.542. The Hall–Kier alpha value is -2.19. The molecule has 1 amide bonds. The summed E-state index contributed by atoms with van der Waals surface area (Å²) in [6.45, 7) is 7.71. The van der Waals surface area contributed by atoms with Crippen LogP contribution in [0.2, 0.25) is 0 Å². The monoisotopic (exact) mass is 447 g/mol. The summed E-state index contributed by atoms with van der Waals surface area (Å²) in [5.41, 5.74) is 0.995. The normalized spacial score (nSPS) is 19.1. The molecule has 3 heterocycles. The lowest BCUT2D eigenvalue weighted by molar-refractivity contribution is -0.121. The summed E-state index contributed by atoms with van der Waals surface area (Å²) < 4.78 is 2.01. The molecule has 0 unspecified atom stereocenters. The number of anilines is 1. The molecule has 3 rings (SSSR count). The van der Waals surface area contributed by atoms with Crippen LogP contribution in [0, 0.1) is 18.3 Å². The Balaban J connectivity index is 2.11. The maximum atomic E-state index is 12.8. The Morgan fingerprint density at radius 3 is 2.47 bits per heavy atom. The number of amides is 1. The minimum atomic E-state index is -0.346. The number of thiocarbonyl (C=S) groups is 1. The van der Waals surface area contributed by atoms with Gasteiger partial charge in [0, 0.05) is 51.9 Å². The van der Waals surface area contributed by atoms with Gasteiger partial charge in [0.05, 0.1) is 11.5 Å². The van der Waals surface area contributed by atoms with E-state index in [2.05, 4.69) is 9.80 Å². The molecule has 1 aromatic rings. The third-order valence-electron chi connectivity index (χ3n) is 5.52. The van der Waals surface area contributed by atoms with E-state index >= 15 is 0 Å². The fourth-order valence-electron chi connectivity index (χ4n) is 3.82. The van der Waals surface area contributed by atoms with E-state index in [4.69, 9.17) is 12.2 Å². The lowest BCUT2D eigenvalue weighted by Gasteiger charge is -2.37. The molecule has 30 heavy (non-hydrogen) atoms. The van der Waals surface area contributed by atoms with Crippen molar-refractivity contribution in [1.82, 2.24) is 14.4 Å². The molecule has 2 saturated heterocycles. The van der Waals surface area contributed by atoms with E-state index in [9.17, 15) is 20.0 Å². The zero-order valence-corrected chi connectivity index (χ0v) is 19.0. The van der Waals surface area contributed by atoms with Crippen LogP contribution in [0.3, 0.4) is 0 Å². The van der Waals surface area contributed by atoms with Crippen LogP contribution < -0.4 is 10.5 Å². The Kier molecular flexibility index (Phi) is 6.98. The maximum absolute atomic E-state index is 12.8. The minimum Gasteiger partial charge on any atom is -0.395 e. The van der Waals surface area contributed by atoms with Crippen molar-refractivity contribution in [1.29, 1.82) is 5.26 Å². The first-order valence-electron chi connectivity index (χ1n) is 9.81. The van der Waals surface area contributed by atoms with Crippen LogP contribution in [-0.2, 0) is 11.8 Å². The number of nitrogens with zero attached hydrogens (tertiary/aromatic N) is 5. The zero-order chi connectivity index (χ0) is 22.0. The van der Waals surface area contributed by atoms with Gasteiger partial charge < -0.3 is 10.0 Å². The number of hydrogen-bond donors (Lipinski definition) is 1. The number of pyridine rings is 1. The van der Waals surface area contributed by atoms with Crippen molar-refractivity contribution >= 4 is 46.1 Å². The van der Waals surface area contributed by atoms with E-state index in [0.717, 1.165) is 13.1 Å². The molecule has 10 heteroatoms. The first-order valence-corrected chi connectivity index (χ1v) is 11.0. The topological polar surface area (TPSA) is 92.8 Å². The molecular weight excluding hydrogens is 422 g/mol. The van der Waals surface area contributed by atoms with Gasteiger partial charge in [0.1, 0.15) is 21.8 Å². The van der Waals surface area contributed by atoms with Gasteiger partial charge in [-0.1, -0.05) is 24.0 Å². The van der Waals surface area contributed by atoms with Crippen molar-refractivity contribution in [2.75, 3.05) is 50.8 Å². The molecule has 0 aromatic carbocycles. The van der Waals surface area contributed by atoms with Crippen LogP contribution in [-0.4, -0.2) is 75.6 Å². The number of rotatable bonds is 5. The molecule has 0 aliphatic carbocycles. The fraction of sp³-hybridized carbons (Fsp3) is 0.500. The van der Waals surface area contributed by atoms with Crippen LogP contribution >= 0.6 is 24.0 Å². The zero-order valence-electron chi connectivity index (χ0n) is 17.3. The van der Waals surface area contributed by atoms with E-state index in [0.29, 0.717) is 52.3 Å². The lowest BCUT2D eigenvalue weighted by atomic mass is 10.0. The molecule has 160 valence electrons. The lowest BCUT2D eigenvalue weighted by Crippen LogP contribution is -2.49. The summed E-state index contributed by atoms with van der Waals surface area (Å²) >= 11 is 6.56. The van der Waals surface area contributed by atoms with Crippen LogP contribution in [0.25, 0.3) is 6.08 Å². The van der Waals surface area contributed by atoms with E-state index in [1.807, 2.05) is 13.0 Å². The van der Waals surface area contributed by atoms with E-state index in [1.165, 1.54) is 16.3 Å². The van der Waals surface area contributed by atoms with Crippen LogP contribution in [0.4, 0.5) is 5.82 Å². The molecule has 1 N–H and O–H groups in total. The van der Waals surface area contributed by atoms with E-state index < -0.39 is 0 Å². The summed E-state index contributed by atoms with van der Waals surface area (Å²) in [6, 6.07) is 2.02. The molecule has 1 aromatic heterocycles. The predicted molar refractivity (Wildman–Crippen MR) is 122 cm³/mol. The maximum Gasteiger partial charge on any atom is 0.270 e. The average Bonchev–Trinajstić information content (AvgIpc) is 3.00. The van der Waals surface area contributed by atoms with Gasteiger partial charge in [-0.3, -0.25) is 24.0 Å². The first kappa shape index (κ1) is 22.5. The largest absolute Gasteiger partial charge is 0.395 e. The highest BCUT2D eigenvalue weighted by atomic mass is 32.2. The Morgan fingerprint density at radius 1 is 1.27 bits per heavy atom. The molecule has 2 aliphatic rings. The third-order valence-corrected chi connectivity index (χ3v) is 6.90.